The van der Waals surface area contributed by atoms with Gasteiger partial charge in [0.1, 0.15) is 5.78 Å². The third kappa shape index (κ3) is 3.77. The van der Waals surface area contributed by atoms with Crippen LogP contribution >= 0.6 is 0 Å². The molecule has 0 aliphatic heterocycles. The topological polar surface area (TPSA) is 116 Å². The fourth-order valence-corrected chi connectivity index (χ4v) is 1.68. The van der Waals surface area contributed by atoms with Crippen LogP contribution in [0.2, 0.25) is 0 Å². The van der Waals surface area contributed by atoms with E-state index in [0.29, 0.717) is 0 Å². The number of aliphatic hydroxyl groups is 1. The number of hydrogen-bond acceptors (Lipinski definition) is 8. The van der Waals surface area contributed by atoms with Crippen LogP contribution in [0.3, 0.4) is 0 Å². The average molecular weight is 290 g/mol. The maximum atomic E-state index is 11.8. The lowest BCUT2D eigenvalue weighted by Crippen LogP contribution is -2.54. The summed E-state index contributed by atoms with van der Waals surface area (Å²) in [5, 5.41) is 10.3. The summed E-state index contributed by atoms with van der Waals surface area (Å²) in [6, 6.07) is 0. The van der Waals surface area contributed by atoms with Crippen molar-refractivity contribution >= 4 is 23.7 Å². The second-order valence-corrected chi connectivity index (χ2v) is 3.94. The number of hydrogen-bond donors (Lipinski definition) is 1. The molecule has 0 saturated carbocycles. The van der Waals surface area contributed by atoms with Gasteiger partial charge in [-0.1, -0.05) is 6.92 Å². The van der Waals surface area contributed by atoms with E-state index in [9.17, 15) is 24.3 Å². The van der Waals surface area contributed by atoms with Gasteiger partial charge in [0.15, 0.2) is 11.5 Å². The van der Waals surface area contributed by atoms with Crippen LogP contribution in [-0.4, -0.2) is 55.7 Å². The van der Waals surface area contributed by atoms with Crippen LogP contribution in [0.5, 0.6) is 0 Å². The number of ether oxygens (including phenoxy) is 3. The number of carbonyl (C=O) groups is 4. The summed E-state index contributed by atoms with van der Waals surface area (Å²) in [6.07, 6.45) is -1.04. The zero-order valence-corrected chi connectivity index (χ0v) is 11.8. The number of esters is 3. The Bertz CT molecular complexity index is 386. The van der Waals surface area contributed by atoms with Crippen LogP contribution in [0, 0.1) is 5.92 Å². The number of Topliss-reactive ketones (excluding diaryl/α,β-unsaturated/α-hetero) is 1. The maximum absolute atomic E-state index is 11.8. The molecule has 0 amide bonds. The average Bonchev–Trinajstić information content (AvgIpc) is 2.45. The molecule has 2 atom stereocenters. The molecule has 0 heterocycles. The highest BCUT2D eigenvalue weighted by atomic mass is 16.6. The summed E-state index contributed by atoms with van der Waals surface area (Å²) in [7, 11) is 2.98. The van der Waals surface area contributed by atoms with Crippen LogP contribution < -0.4 is 0 Å². The number of methoxy groups -OCH3 is 3. The molecule has 8 nitrogen and oxygen atoms in total. The minimum absolute atomic E-state index is 0.139. The molecule has 114 valence electrons. The Kier molecular flexibility index (Phi) is 6.84. The Balaban J connectivity index is 5.75. The molecule has 8 heteroatoms. The van der Waals surface area contributed by atoms with Crippen molar-refractivity contribution in [1.82, 2.24) is 0 Å². The Hall–Kier alpha value is -1.96. The largest absolute Gasteiger partial charge is 0.469 e. The van der Waals surface area contributed by atoms with Gasteiger partial charge >= 0.3 is 17.9 Å². The van der Waals surface area contributed by atoms with Gasteiger partial charge in [0.25, 0.3) is 0 Å². The van der Waals surface area contributed by atoms with Gasteiger partial charge in [-0.2, -0.15) is 0 Å². The van der Waals surface area contributed by atoms with Crippen molar-refractivity contribution in [2.24, 2.45) is 5.92 Å². The second kappa shape index (κ2) is 7.59. The highest BCUT2D eigenvalue weighted by Crippen LogP contribution is 2.27. The fraction of sp³-hybridized carbons (Fsp3) is 0.667. The van der Waals surface area contributed by atoms with Crippen molar-refractivity contribution in [2.45, 2.75) is 25.4 Å². The van der Waals surface area contributed by atoms with Gasteiger partial charge in [-0.15, -0.1) is 0 Å². The molecule has 0 rings (SSSR count). The first kappa shape index (κ1) is 18.0. The standard InChI is InChI=1S/C12H18O8/c1-5-7(13)9(10(15)19-3)12(17,11(16)20-4)6-8(14)18-2/h9,17H,5-6H2,1-4H3. The summed E-state index contributed by atoms with van der Waals surface area (Å²) >= 11 is 0. The van der Waals surface area contributed by atoms with E-state index in [2.05, 4.69) is 14.2 Å². The van der Waals surface area contributed by atoms with E-state index in [0.717, 1.165) is 21.3 Å². The predicted octanol–water partition coefficient (Wildman–Crippen LogP) is -0.778. The normalized spacial score (nSPS) is 14.7. The molecular weight excluding hydrogens is 272 g/mol. The van der Waals surface area contributed by atoms with Gasteiger partial charge in [-0.25, -0.2) is 4.79 Å². The highest BCUT2D eigenvalue weighted by Gasteiger charge is 2.54. The van der Waals surface area contributed by atoms with E-state index in [1.807, 2.05) is 0 Å². The first-order chi connectivity index (χ1) is 9.28. The molecule has 0 aromatic rings. The number of rotatable bonds is 7. The van der Waals surface area contributed by atoms with Crippen molar-refractivity contribution in [2.75, 3.05) is 21.3 Å². The lowest BCUT2D eigenvalue weighted by molar-refractivity contribution is -0.184. The van der Waals surface area contributed by atoms with Gasteiger partial charge < -0.3 is 19.3 Å². The SMILES string of the molecule is CCC(=O)C(C(=O)OC)C(O)(CC(=O)OC)C(=O)OC. The zero-order chi connectivity index (χ0) is 15.9. The molecule has 0 radical (unpaired) electrons. The van der Waals surface area contributed by atoms with Crippen molar-refractivity contribution in [3.8, 4) is 0 Å². The Morgan fingerprint density at radius 1 is 1.05 bits per heavy atom. The van der Waals surface area contributed by atoms with E-state index in [-0.39, 0.29) is 6.42 Å². The van der Waals surface area contributed by atoms with Gasteiger partial charge in [0.05, 0.1) is 27.8 Å². The summed E-state index contributed by atoms with van der Waals surface area (Å²) in [5.74, 6) is -6.01. The van der Waals surface area contributed by atoms with Gasteiger partial charge in [0.2, 0.25) is 0 Å². The first-order valence-corrected chi connectivity index (χ1v) is 5.76. The zero-order valence-electron chi connectivity index (χ0n) is 11.8. The van der Waals surface area contributed by atoms with Crippen LogP contribution in [0.1, 0.15) is 19.8 Å². The Morgan fingerprint density at radius 3 is 1.95 bits per heavy atom. The van der Waals surface area contributed by atoms with Crippen molar-refractivity contribution < 1.29 is 38.5 Å². The molecule has 0 saturated heterocycles. The van der Waals surface area contributed by atoms with E-state index in [4.69, 9.17) is 0 Å². The van der Waals surface area contributed by atoms with E-state index in [1.54, 1.807) is 0 Å². The highest BCUT2D eigenvalue weighted by molar-refractivity contribution is 6.06. The molecule has 0 fully saturated rings. The van der Waals surface area contributed by atoms with Crippen LogP contribution in [0.4, 0.5) is 0 Å². The van der Waals surface area contributed by atoms with Gasteiger partial charge in [0, 0.05) is 6.42 Å². The number of carbonyl (C=O) groups excluding carboxylic acids is 4. The molecule has 0 aromatic carbocycles. The molecule has 2 unspecified atom stereocenters. The van der Waals surface area contributed by atoms with Crippen molar-refractivity contribution in [3.63, 3.8) is 0 Å². The van der Waals surface area contributed by atoms with Crippen LogP contribution in [0.15, 0.2) is 0 Å². The number of ketones is 1. The predicted molar refractivity (Wildman–Crippen MR) is 64.4 cm³/mol. The Morgan fingerprint density at radius 2 is 1.60 bits per heavy atom. The summed E-state index contributed by atoms with van der Waals surface area (Å²) in [6.45, 7) is 1.44. The van der Waals surface area contributed by atoms with Gasteiger partial charge in [-0.3, -0.25) is 14.4 Å². The third-order valence-corrected chi connectivity index (χ3v) is 2.77. The third-order valence-electron chi connectivity index (χ3n) is 2.77. The van der Waals surface area contributed by atoms with Crippen LogP contribution in [-0.2, 0) is 33.4 Å². The Labute approximate surface area is 116 Å². The molecule has 0 bridgehead atoms. The minimum Gasteiger partial charge on any atom is -0.469 e. The molecule has 0 aliphatic carbocycles. The van der Waals surface area contributed by atoms with Gasteiger partial charge in [-0.05, 0) is 0 Å². The lowest BCUT2D eigenvalue weighted by Gasteiger charge is -2.29. The maximum Gasteiger partial charge on any atom is 0.339 e. The molecule has 0 aliphatic rings. The van der Waals surface area contributed by atoms with E-state index in [1.165, 1.54) is 6.92 Å². The van der Waals surface area contributed by atoms with Crippen molar-refractivity contribution in [3.05, 3.63) is 0 Å². The smallest absolute Gasteiger partial charge is 0.339 e. The summed E-state index contributed by atoms with van der Waals surface area (Å²) in [4.78, 5) is 46.6. The lowest BCUT2D eigenvalue weighted by atomic mass is 9.80. The quantitative estimate of drug-likeness (QED) is 0.369. The summed E-state index contributed by atoms with van der Waals surface area (Å²) < 4.78 is 13.1. The van der Waals surface area contributed by atoms with E-state index >= 15 is 0 Å². The minimum atomic E-state index is -2.66. The molecule has 0 aromatic heterocycles. The molecule has 0 spiro atoms. The second-order valence-electron chi connectivity index (χ2n) is 3.94. The fourth-order valence-electron chi connectivity index (χ4n) is 1.68. The molecule has 20 heavy (non-hydrogen) atoms. The van der Waals surface area contributed by atoms with Crippen LogP contribution in [0.25, 0.3) is 0 Å². The van der Waals surface area contributed by atoms with E-state index < -0.39 is 41.6 Å². The molecular formula is C12H18O8. The van der Waals surface area contributed by atoms with Crippen molar-refractivity contribution in [1.29, 1.82) is 0 Å². The molecule has 1 N–H and O–H groups in total. The summed E-state index contributed by atoms with van der Waals surface area (Å²) in [5.41, 5.74) is -2.66. The monoisotopic (exact) mass is 290 g/mol. The first-order valence-electron chi connectivity index (χ1n) is 5.76.